The van der Waals surface area contributed by atoms with Crippen LogP contribution in [-0.4, -0.2) is 16.9 Å². The number of aryl methyl sites for hydroxylation is 1. The van der Waals surface area contributed by atoms with Gasteiger partial charge in [-0.05, 0) is 6.42 Å². The number of unbranched alkanes of at least 4 members (excludes halogenated alkanes) is 2. The largest absolute Gasteiger partial charge is 0.480 e. The average Bonchev–Trinajstić information content (AvgIpc) is 2.53. The van der Waals surface area contributed by atoms with Crippen molar-refractivity contribution >= 4 is 0 Å². The molecular formula is C9H16N2O. The molecule has 0 bridgehead atoms. The fraction of sp³-hybridized carbons (Fsp3) is 0.667. The van der Waals surface area contributed by atoms with Gasteiger partial charge in [0, 0.05) is 18.8 Å². The fourth-order valence-electron chi connectivity index (χ4n) is 1.10. The number of ether oxygens (including phenoxy) is 1. The zero-order valence-electron chi connectivity index (χ0n) is 7.79. The Labute approximate surface area is 73.3 Å². The normalized spacial score (nSPS) is 10.2. The second kappa shape index (κ2) is 4.80. The lowest BCUT2D eigenvalue weighted by molar-refractivity contribution is 0.386. The van der Waals surface area contributed by atoms with E-state index in [4.69, 9.17) is 4.74 Å². The molecule has 68 valence electrons. The van der Waals surface area contributed by atoms with Crippen LogP contribution in [0, 0.1) is 0 Å². The molecule has 0 unspecified atom stereocenters. The van der Waals surface area contributed by atoms with Crippen LogP contribution in [0.2, 0.25) is 0 Å². The lowest BCUT2D eigenvalue weighted by Gasteiger charge is -1.98. The third-order valence-electron chi connectivity index (χ3n) is 1.82. The van der Waals surface area contributed by atoms with Crippen LogP contribution in [-0.2, 0) is 6.54 Å². The van der Waals surface area contributed by atoms with Crippen LogP contribution in [0.5, 0.6) is 5.88 Å². The Morgan fingerprint density at radius 3 is 2.92 bits per heavy atom. The Morgan fingerprint density at radius 2 is 2.33 bits per heavy atom. The van der Waals surface area contributed by atoms with Crippen LogP contribution in [0.1, 0.15) is 26.2 Å². The topological polar surface area (TPSA) is 27.1 Å². The maximum absolute atomic E-state index is 4.97. The van der Waals surface area contributed by atoms with Crippen LogP contribution >= 0.6 is 0 Å². The van der Waals surface area contributed by atoms with Gasteiger partial charge in [-0.1, -0.05) is 19.8 Å². The predicted molar refractivity (Wildman–Crippen MR) is 48.3 cm³/mol. The van der Waals surface area contributed by atoms with Crippen molar-refractivity contribution in [2.24, 2.45) is 0 Å². The summed E-state index contributed by atoms with van der Waals surface area (Å²) in [6.07, 6.45) is 5.66. The molecule has 0 radical (unpaired) electrons. The standard InChI is InChI=1S/C9H16N2O/c1-3-4-5-7-11-8-6-9(10-11)12-2/h6,8H,3-5,7H2,1-2H3. The van der Waals surface area contributed by atoms with E-state index in [2.05, 4.69) is 12.0 Å². The summed E-state index contributed by atoms with van der Waals surface area (Å²) in [6.45, 7) is 3.20. The molecule has 3 heteroatoms. The first kappa shape index (κ1) is 9.10. The Kier molecular flexibility index (Phi) is 3.64. The van der Waals surface area contributed by atoms with Crippen molar-refractivity contribution in [2.75, 3.05) is 7.11 Å². The monoisotopic (exact) mass is 168 g/mol. The van der Waals surface area contributed by atoms with Crippen LogP contribution in [0.4, 0.5) is 0 Å². The highest BCUT2D eigenvalue weighted by molar-refractivity contribution is 5.04. The number of aromatic nitrogens is 2. The Bertz CT molecular complexity index is 220. The van der Waals surface area contributed by atoms with Gasteiger partial charge in [-0.15, -0.1) is 5.10 Å². The molecule has 0 aromatic carbocycles. The summed E-state index contributed by atoms with van der Waals surface area (Å²) in [5.74, 6) is 0.700. The molecule has 0 aliphatic rings. The molecule has 0 fully saturated rings. The SMILES string of the molecule is CCCCCn1ccc(OC)n1. The van der Waals surface area contributed by atoms with Gasteiger partial charge in [0.25, 0.3) is 0 Å². The third kappa shape index (κ3) is 2.57. The van der Waals surface area contributed by atoms with Gasteiger partial charge in [0.15, 0.2) is 0 Å². The number of rotatable bonds is 5. The minimum atomic E-state index is 0.700. The van der Waals surface area contributed by atoms with Crippen molar-refractivity contribution in [2.45, 2.75) is 32.7 Å². The van der Waals surface area contributed by atoms with Crippen molar-refractivity contribution in [3.8, 4) is 5.88 Å². The number of hydrogen-bond donors (Lipinski definition) is 0. The Morgan fingerprint density at radius 1 is 1.50 bits per heavy atom. The lowest BCUT2D eigenvalue weighted by Crippen LogP contribution is -1.98. The number of methoxy groups -OCH3 is 1. The minimum Gasteiger partial charge on any atom is -0.480 e. The highest BCUT2D eigenvalue weighted by atomic mass is 16.5. The molecule has 1 aromatic heterocycles. The lowest BCUT2D eigenvalue weighted by atomic mass is 10.2. The molecule has 0 spiro atoms. The first-order chi connectivity index (χ1) is 5.86. The zero-order chi connectivity index (χ0) is 8.81. The van der Waals surface area contributed by atoms with Crippen LogP contribution in [0.3, 0.4) is 0 Å². The summed E-state index contributed by atoms with van der Waals surface area (Å²) in [7, 11) is 1.64. The van der Waals surface area contributed by atoms with E-state index in [1.165, 1.54) is 19.3 Å². The van der Waals surface area contributed by atoms with E-state index in [0.717, 1.165) is 6.54 Å². The summed E-state index contributed by atoms with van der Waals surface area (Å²) in [6, 6.07) is 1.88. The van der Waals surface area contributed by atoms with Gasteiger partial charge in [-0.2, -0.15) is 0 Å². The molecule has 0 amide bonds. The molecule has 0 saturated carbocycles. The summed E-state index contributed by atoms with van der Waals surface area (Å²) < 4.78 is 6.89. The van der Waals surface area contributed by atoms with Gasteiger partial charge in [-0.25, -0.2) is 0 Å². The van der Waals surface area contributed by atoms with Crippen LogP contribution in [0.25, 0.3) is 0 Å². The molecule has 0 N–H and O–H groups in total. The van der Waals surface area contributed by atoms with Crippen LogP contribution in [0.15, 0.2) is 12.3 Å². The molecule has 1 heterocycles. The molecule has 0 aliphatic heterocycles. The summed E-state index contributed by atoms with van der Waals surface area (Å²) in [5.41, 5.74) is 0. The Hall–Kier alpha value is -0.990. The zero-order valence-corrected chi connectivity index (χ0v) is 7.79. The molecular weight excluding hydrogens is 152 g/mol. The molecule has 0 aliphatic carbocycles. The van der Waals surface area contributed by atoms with Gasteiger partial charge in [-0.3, -0.25) is 4.68 Å². The third-order valence-corrected chi connectivity index (χ3v) is 1.82. The number of hydrogen-bond acceptors (Lipinski definition) is 2. The van der Waals surface area contributed by atoms with Crippen molar-refractivity contribution in [1.29, 1.82) is 0 Å². The van der Waals surface area contributed by atoms with E-state index in [-0.39, 0.29) is 0 Å². The molecule has 3 nitrogen and oxygen atoms in total. The summed E-state index contributed by atoms with van der Waals surface area (Å²) in [4.78, 5) is 0. The summed E-state index contributed by atoms with van der Waals surface area (Å²) in [5, 5.41) is 4.19. The highest BCUT2D eigenvalue weighted by Crippen LogP contribution is 2.05. The molecule has 1 rings (SSSR count). The van der Waals surface area contributed by atoms with Crippen molar-refractivity contribution in [1.82, 2.24) is 9.78 Å². The van der Waals surface area contributed by atoms with E-state index in [9.17, 15) is 0 Å². The summed E-state index contributed by atoms with van der Waals surface area (Å²) >= 11 is 0. The quantitative estimate of drug-likeness (QED) is 0.629. The fourth-order valence-corrected chi connectivity index (χ4v) is 1.10. The highest BCUT2D eigenvalue weighted by Gasteiger charge is 1.95. The first-order valence-corrected chi connectivity index (χ1v) is 4.44. The van der Waals surface area contributed by atoms with Gasteiger partial charge < -0.3 is 4.74 Å². The maximum atomic E-state index is 4.97. The first-order valence-electron chi connectivity index (χ1n) is 4.44. The predicted octanol–water partition coefficient (Wildman–Crippen LogP) is 2.08. The van der Waals surface area contributed by atoms with Crippen molar-refractivity contribution in [3.05, 3.63) is 12.3 Å². The van der Waals surface area contributed by atoms with E-state index in [1.807, 2.05) is 16.9 Å². The van der Waals surface area contributed by atoms with E-state index in [0.29, 0.717) is 5.88 Å². The molecule has 0 atom stereocenters. The van der Waals surface area contributed by atoms with Crippen molar-refractivity contribution < 1.29 is 4.74 Å². The maximum Gasteiger partial charge on any atom is 0.232 e. The van der Waals surface area contributed by atoms with Gasteiger partial charge in [0.1, 0.15) is 0 Å². The number of nitrogens with zero attached hydrogens (tertiary/aromatic N) is 2. The average molecular weight is 168 g/mol. The van der Waals surface area contributed by atoms with Crippen LogP contribution < -0.4 is 4.74 Å². The van der Waals surface area contributed by atoms with E-state index in [1.54, 1.807) is 7.11 Å². The van der Waals surface area contributed by atoms with E-state index >= 15 is 0 Å². The molecule has 0 saturated heterocycles. The molecule has 12 heavy (non-hydrogen) atoms. The van der Waals surface area contributed by atoms with Crippen molar-refractivity contribution in [3.63, 3.8) is 0 Å². The smallest absolute Gasteiger partial charge is 0.232 e. The van der Waals surface area contributed by atoms with E-state index < -0.39 is 0 Å². The van der Waals surface area contributed by atoms with Gasteiger partial charge in [0.2, 0.25) is 5.88 Å². The minimum absolute atomic E-state index is 0.700. The van der Waals surface area contributed by atoms with Gasteiger partial charge in [0.05, 0.1) is 7.11 Å². The second-order valence-corrected chi connectivity index (χ2v) is 2.83. The van der Waals surface area contributed by atoms with Gasteiger partial charge >= 0.3 is 0 Å². The Balaban J connectivity index is 2.31. The second-order valence-electron chi connectivity index (χ2n) is 2.83. The molecule has 1 aromatic rings.